The van der Waals surface area contributed by atoms with Crippen LogP contribution in [-0.4, -0.2) is 44.4 Å². The van der Waals surface area contributed by atoms with Gasteiger partial charge in [0.05, 0.1) is 14.2 Å². The quantitative estimate of drug-likeness (QED) is 0.466. The largest absolute Gasteiger partial charge is 0.497 e. The molecule has 1 amide bonds. The number of nitrogens with zero attached hydrogens (tertiary/aromatic N) is 5. The van der Waals surface area contributed by atoms with Crippen molar-refractivity contribution in [3.8, 4) is 23.0 Å². The average molecular weight is 438 g/mol. The fourth-order valence-corrected chi connectivity index (χ4v) is 3.32. The molecule has 0 saturated heterocycles. The van der Waals surface area contributed by atoms with Gasteiger partial charge in [-0.2, -0.15) is 9.67 Å². The number of rotatable bonds is 7. The average Bonchev–Trinajstić information content (AvgIpc) is 3.37. The highest BCUT2D eigenvalue weighted by Gasteiger charge is 2.24. The molecule has 166 valence electrons. The fourth-order valence-electron chi connectivity index (χ4n) is 3.32. The van der Waals surface area contributed by atoms with Crippen molar-refractivity contribution in [2.24, 2.45) is 0 Å². The molecule has 0 bridgehead atoms. The Kier molecular flexibility index (Phi) is 5.63. The molecule has 1 N–H and O–H groups in total. The van der Waals surface area contributed by atoms with Gasteiger partial charge in [0, 0.05) is 35.6 Å². The number of fused-ring (bicyclic) bond motifs is 1. The predicted molar refractivity (Wildman–Crippen MR) is 115 cm³/mol. The molecule has 1 aromatic carbocycles. The highest BCUT2D eigenvalue weighted by Crippen LogP contribution is 2.26. The van der Waals surface area contributed by atoms with Crippen molar-refractivity contribution in [2.45, 2.75) is 26.3 Å². The summed E-state index contributed by atoms with van der Waals surface area (Å²) in [4.78, 5) is 30.1. The first-order valence-corrected chi connectivity index (χ1v) is 9.89. The molecule has 0 saturated carbocycles. The first-order valence-electron chi connectivity index (χ1n) is 9.89. The number of amides is 1. The molecule has 4 aromatic rings. The van der Waals surface area contributed by atoms with E-state index < -0.39 is 11.7 Å². The molecular weight excluding hydrogens is 416 g/mol. The third-order valence-electron chi connectivity index (χ3n) is 4.92. The number of hydrogen-bond acceptors (Lipinski definition) is 8. The molecule has 0 spiro atoms. The number of hydrogen-bond donors (Lipinski definition) is 1. The van der Waals surface area contributed by atoms with Gasteiger partial charge in [-0.15, -0.1) is 5.10 Å². The Balaban J connectivity index is 1.66. The lowest BCUT2D eigenvalue weighted by atomic mass is 10.2. The van der Waals surface area contributed by atoms with Gasteiger partial charge in [0.2, 0.25) is 5.91 Å². The maximum Gasteiger partial charge on any atom is 0.351 e. The van der Waals surface area contributed by atoms with Crippen LogP contribution in [0.1, 0.15) is 25.2 Å². The summed E-state index contributed by atoms with van der Waals surface area (Å²) in [5.41, 5.74) is 1.03. The Hall–Kier alpha value is -4.15. The van der Waals surface area contributed by atoms with Crippen molar-refractivity contribution in [3.63, 3.8) is 0 Å². The van der Waals surface area contributed by atoms with E-state index in [9.17, 15) is 9.59 Å². The lowest BCUT2D eigenvalue weighted by Crippen LogP contribution is -2.33. The van der Waals surface area contributed by atoms with E-state index in [1.165, 1.54) is 23.3 Å². The van der Waals surface area contributed by atoms with E-state index in [0.29, 0.717) is 46.5 Å². The Labute approximate surface area is 182 Å². The van der Waals surface area contributed by atoms with Gasteiger partial charge in [-0.05, 0) is 25.5 Å². The molecule has 11 heteroatoms. The van der Waals surface area contributed by atoms with Crippen molar-refractivity contribution in [1.82, 2.24) is 24.3 Å². The molecule has 0 unspecified atom stereocenters. The molecule has 0 aliphatic rings. The van der Waals surface area contributed by atoms with Crippen LogP contribution in [0, 0.1) is 6.92 Å². The van der Waals surface area contributed by atoms with Crippen molar-refractivity contribution in [3.05, 3.63) is 52.8 Å². The minimum atomic E-state index is -0.825. The predicted octanol–water partition coefficient (Wildman–Crippen LogP) is 2.46. The zero-order valence-corrected chi connectivity index (χ0v) is 18.0. The number of anilines is 1. The second-order valence-electron chi connectivity index (χ2n) is 7.03. The van der Waals surface area contributed by atoms with E-state index in [0.717, 1.165) is 0 Å². The van der Waals surface area contributed by atoms with Gasteiger partial charge in [-0.25, -0.2) is 4.79 Å². The third kappa shape index (κ3) is 3.92. The molecule has 0 radical (unpaired) electrons. The van der Waals surface area contributed by atoms with Gasteiger partial charge in [-0.1, -0.05) is 12.1 Å². The van der Waals surface area contributed by atoms with Crippen molar-refractivity contribution >= 4 is 17.2 Å². The normalized spacial score (nSPS) is 12.0. The molecule has 32 heavy (non-hydrogen) atoms. The van der Waals surface area contributed by atoms with Gasteiger partial charge in [0.25, 0.3) is 5.89 Å². The minimum absolute atomic E-state index is 0.323. The van der Waals surface area contributed by atoms with Gasteiger partial charge < -0.3 is 19.3 Å². The van der Waals surface area contributed by atoms with Crippen molar-refractivity contribution in [2.75, 3.05) is 19.5 Å². The minimum Gasteiger partial charge on any atom is -0.497 e. The van der Waals surface area contributed by atoms with E-state index in [1.54, 1.807) is 50.4 Å². The summed E-state index contributed by atoms with van der Waals surface area (Å²) in [5.74, 6) is 1.49. The number of aromatic nitrogens is 5. The van der Waals surface area contributed by atoms with Crippen LogP contribution < -0.4 is 20.5 Å². The van der Waals surface area contributed by atoms with Gasteiger partial charge in [0.1, 0.15) is 17.5 Å². The molecule has 11 nitrogen and oxygen atoms in total. The lowest BCUT2D eigenvalue weighted by molar-refractivity contribution is -0.119. The lowest BCUT2D eigenvalue weighted by Gasteiger charge is -2.15. The molecule has 3 aromatic heterocycles. The van der Waals surface area contributed by atoms with Crippen LogP contribution >= 0.6 is 0 Å². The SMILES string of the molecule is CC[C@@H](C(=O)Nc1cc(OC)cc(OC)c1)n1nc2cc(-c3nc(C)no3)ccn2c1=O. The second kappa shape index (κ2) is 8.53. The van der Waals surface area contributed by atoms with Crippen LogP contribution in [0.2, 0.25) is 0 Å². The van der Waals surface area contributed by atoms with E-state index in [4.69, 9.17) is 14.0 Å². The molecule has 0 fully saturated rings. The monoisotopic (exact) mass is 438 g/mol. The number of methoxy groups -OCH3 is 2. The van der Waals surface area contributed by atoms with Crippen LogP contribution in [0.3, 0.4) is 0 Å². The highest BCUT2D eigenvalue weighted by molar-refractivity contribution is 5.94. The zero-order valence-electron chi connectivity index (χ0n) is 18.0. The van der Waals surface area contributed by atoms with E-state index in [-0.39, 0.29) is 5.91 Å². The number of ether oxygens (including phenoxy) is 2. The first-order chi connectivity index (χ1) is 15.4. The molecule has 3 heterocycles. The van der Waals surface area contributed by atoms with Gasteiger partial charge >= 0.3 is 5.69 Å². The Morgan fingerprint density at radius 1 is 1.19 bits per heavy atom. The van der Waals surface area contributed by atoms with E-state index in [1.807, 2.05) is 0 Å². The summed E-state index contributed by atoms with van der Waals surface area (Å²) in [5, 5.41) is 11.0. The van der Waals surface area contributed by atoms with E-state index >= 15 is 0 Å². The zero-order chi connectivity index (χ0) is 22.8. The molecule has 0 aliphatic heterocycles. The maximum atomic E-state index is 13.0. The number of carbonyl (C=O) groups is 1. The molecule has 1 atom stereocenters. The number of carbonyl (C=O) groups excluding carboxylic acids is 1. The fraction of sp³-hybridized carbons (Fsp3) is 0.286. The Bertz CT molecular complexity index is 1320. The summed E-state index contributed by atoms with van der Waals surface area (Å²) in [6.07, 6.45) is 1.92. The summed E-state index contributed by atoms with van der Waals surface area (Å²) in [6.45, 7) is 3.52. The summed E-state index contributed by atoms with van der Waals surface area (Å²) < 4.78 is 18.2. The van der Waals surface area contributed by atoms with Crippen molar-refractivity contribution in [1.29, 1.82) is 0 Å². The number of pyridine rings is 1. The Morgan fingerprint density at radius 3 is 2.50 bits per heavy atom. The van der Waals surface area contributed by atoms with Crippen LogP contribution in [-0.2, 0) is 4.79 Å². The second-order valence-corrected chi connectivity index (χ2v) is 7.03. The Morgan fingerprint density at radius 2 is 1.91 bits per heavy atom. The molecule has 0 aliphatic carbocycles. The summed E-state index contributed by atoms with van der Waals surface area (Å²) in [6, 6.07) is 7.53. The smallest absolute Gasteiger partial charge is 0.351 e. The van der Waals surface area contributed by atoms with Crippen LogP contribution in [0.4, 0.5) is 5.69 Å². The summed E-state index contributed by atoms with van der Waals surface area (Å²) in [7, 11) is 3.05. The first kappa shape index (κ1) is 21.1. The van der Waals surface area contributed by atoms with Crippen LogP contribution in [0.25, 0.3) is 17.1 Å². The van der Waals surface area contributed by atoms with Crippen molar-refractivity contribution < 1.29 is 18.8 Å². The number of nitrogens with one attached hydrogen (secondary N) is 1. The van der Waals surface area contributed by atoms with Gasteiger partial charge in [0.15, 0.2) is 11.5 Å². The van der Waals surface area contributed by atoms with Gasteiger partial charge in [-0.3, -0.25) is 9.20 Å². The topological polar surface area (TPSA) is 126 Å². The highest BCUT2D eigenvalue weighted by atomic mass is 16.5. The standard InChI is InChI=1S/C21H22N6O5/c1-5-17(19(28)23-14-9-15(30-3)11-16(10-14)31-4)27-21(29)26-7-6-13(8-18(26)24-27)20-22-12(2)25-32-20/h6-11,17H,5H2,1-4H3,(H,23,28)/t17-/m0/s1. The van der Waals surface area contributed by atoms with Crippen LogP contribution in [0.5, 0.6) is 11.5 Å². The van der Waals surface area contributed by atoms with E-state index in [2.05, 4.69) is 20.6 Å². The molecule has 4 rings (SSSR count). The number of benzene rings is 1. The molecular formula is C21H22N6O5. The van der Waals surface area contributed by atoms with Crippen LogP contribution in [0.15, 0.2) is 45.8 Å². The summed E-state index contributed by atoms with van der Waals surface area (Å²) >= 11 is 0. The third-order valence-corrected chi connectivity index (χ3v) is 4.92. The maximum absolute atomic E-state index is 13.0. The number of aryl methyl sites for hydroxylation is 1.